The quantitative estimate of drug-likeness (QED) is 0.774. The summed E-state index contributed by atoms with van der Waals surface area (Å²) in [6.45, 7) is 2.62. The van der Waals surface area contributed by atoms with Crippen LogP contribution in [-0.4, -0.2) is 29.6 Å². The third-order valence-corrected chi connectivity index (χ3v) is 3.24. The summed E-state index contributed by atoms with van der Waals surface area (Å²) in [6.07, 6.45) is 1.54. The first-order chi connectivity index (χ1) is 8.91. The van der Waals surface area contributed by atoms with E-state index < -0.39 is 17.6 Å². The molecule has 3 nitrogen and oxygen atoms in total. The summed E-state index contributed by atoms with van der Waals surface area (Å²) in [7, 11) is 1.88. The van der Waals surface area contributed by atoms with Gasteiger partial charge in [-0.2, -0.15) is 0 Å². The summed E-state index contributed by atoms with van der Waals surface area (Å²) >= 11 is 0. The van der Waals surface area contributed by atoms with Gasteiger partial charge in [0, 0.05) is 12.5 Å². The minimum absolute atomic E-state index is 0.0417. The van der Waals surface area contributed by atoms with E-state index in [-0.39, 0.29) is 12.5 Å². The van der Waals surface area contributed by atoms with E-state index in [0.717, 1.165) is 12.5 Å². The zero-order valence-electron chi connectivity index (χ0n) is 11.2. The summed E-state index contributed by atoms with van der Waals surface area (Å²) in [5, 5.41) is 8.53. The van der Waals surface area contributed by atoms with Crippen LogP contribution in [-0.2, 0) is 4.79 Å². The van der Waals surface area contributed by atoms with Gasteiger partial charge in [0.05, 0.1) is 0 Å². The van der Waals surface area contributed by atoms with Crippen molar-refractivity contribution in [3.8, 4) is 0 Å². The van der Waals surface area contributed by atoms with E-state index in [0.29, 0.717) is 18.5 Å². The first kappa shape index (κ1) is 15.6. The molecule has 0 aromatic heterocycles. The van der Waals surface area contributed by atoms with Gasteiger partial charge in [0.15, 0.2) is 11.6 Å². The van der Waals surface area contributed by atoms with Crippen molar-refractivity contribution in [3.05, 3.63) is 35.4 Å². The van der Waals surface area contributed by atoms with Crippen LogP contribution in [0.2, 0.25) is 0 Å². The molecular formula is C14H19F2NO2. The first-order valence-electron chi connectivity index (χ1n) is 6.28. The highest BCUT2D eigenvalue weighted by atomic mass is 19.2. The lowest BCUT2D eigenvalue weighted by Crippen LogP contribution is -2.23. The number of carbonyl (C=O) groups is 1. The number of nitrogens with zero attached hydrogens (tertiary/aromatic N) is 1. The number of aliphatic carboxylic acids is 1. The highest BCUT2D eigenvalue weighted by Gasteiger charge is 2.13. The highest BCUT2D eigenvalue weighted by molar-refractivity contribution is 5.66. The van der Waals surface area contributed by atoms with Crippen LogP contribution < -0.4 is 0 Å². The molecule has 106 valence electrons. The predicted molar refractivity (Wildman–Crippen MR) is 68.9 cm³/mol. The number of hydrogen-bond acceptors (Lipinski definition) is 2. The fourth-order valence-corrected chi connectivity index (χ4v) is 1.86. The Kier molecular flexibility index (Phi) is 5.89. The molecule has 1 aromatic carbocycles. The Hall–Kier alpha value is -1.49. The lowest BCUT2D eigenvalue weighted by atomic mass is 10.1. The lowest BCUT2D eigenvalue weighted by Gasteiger charge is -2.25. The molecule has 1 atom stereocenters. The van der Waals surface area contributed by atoms with E-state index >= 15 is 0 Å². The van der Waals surface area contributed by atoms with Crippen LogP contribution >= 0.6 is 0 Å². The highest BCUT2D eigenvalue weighted by Crippen LogP contribution is 2.21. The summed E-state index contributed by atoms with van der Waals surface area (Å²) in [5.41, 5.74) is 0.708. The van der Waals surface area contributed by atoms with E-state index in [1.165, 1.54) is 6.07 Å². The minimum Gasteiger partial charge on any atom is -0.481 e. The monoisotopic (exact) mass is 271 g/mol. The van der Waals surface area contributed by atoms with Crippen LogP contribution in [0.5, 0.6) is 0 Å². The van der Waals surface area contributed by atoms with Gasteiger partial charge in [-0.05, 0) is 51.1 Å². The summed E-state index contributed by atoms with van der Waals surface area (Å²) in [4.78, 5) is 12.4. The Balaban J connectivity index is 2.49. The molecule has 0 amide bonds. The van der Waals surface area contributed by atoms with Crippen LogP contribution in [0.1, 0.15) is 37.8 Å². The lowest BCUT2D eigenvalue weighted by molar-refractivity contribution is -0.137. The van der Waals surface area contributed by atoms with E-state index in [9.17, 15) is 13.6 Å². The minimum atomic E-state index is -0.847. The van der Waals surface area contributed by atoms with Crippen molar-refractivity contribution in [3.63, 3.8) is 0 Å². The Labute approximate surface area is 111 Å². The molecule has 0 heterocycles. The van der Waals surface area contributed by atoms with Gasteiger partial charge in [-0.15, -0.1) is 0 Å². The topological polar surface area (TPSA) is 40.5 Å². The average Bonchev–Trinajstić information content (AvgIpc) is 2.36. The molecule has 0 saturated carbocycles. The maximum Gasteiger partial charge on any atom is 0.303 e. The van der Waals surface area contributed by atoms with Crippen LogP contribution in [0, 0.1) is 11.6 Å². The van der Waals surface area contributed by atoms with E-state index in [1.807, 2.05) is 18.9 Å². The second-order valence-corrected chi connectivity index (χ2v) is 4.68. The van der Waals surface area contributed by atoms with E-state index in [1.54, 1.807) is 6.07 Å². The summed E-state index contributed by atoms with van der Waals surface area (Å²) in [5.74, 6) is -2.49. The molecular weight excluding hydrogens is 252 g/mol. The van der Waals surface area contributed by atoms with E-state index in [4.69, 9.17) is 5.11 Å². The molecule has 1 rings (SSSR count). The third-order valence-electron chi connectivity index (χ3n) is 3.24. The van der Waals surface area contributed by atoms with Crippen LogP contribution in [0.25, 0.3) is 0 Å². The molecule has 0 saturated heterocycles. The van der Waals surface area contributed by atoms with Crippen molar-refractivity contribution in [2.45, 2.75) is 32.2 Å². The first-order valence-corrected chi connectivity index (χ1v) is 6.28. The van der Waals surface area contributed by atoms with Crippen LogP contribution in [0.15, 0.2) is 18.2 Å². The van der Waals surface area contributed by atoms with E-state index in [2.05, 4.69) is 0 Å². The average molecular weight is 271 g/mol. The van der Waals surface area contributed by atoms with Crippen LogP contribution in [0.3, 0.4) is 0 Å². The summed E-state index contributed by atoms with van der Waals surface area (Å²) < 4.78 is 26.0. The molecule has 0 bridgehead atoms. The zero-order valence-corrected chi connectivity index (χ0v) is 11.2. The molecule has 1 unspecified atom stereocenters. The third kappa shape index (κ3) is 4.95. The molecule has 0 aliphatic rings. The van der Waals surface area contributed by atoms with Crippen molar-refractivity contribution < 1.29 is 18.7 Å². The Morgan fingerprint density at radius 2 is 2.00 bits per heavy atom. The number of carboxylic acid groups (broad SMARTS) is 1. The van der Waals surface area contributed by atoms with Crippen molar-refractivity contribution in [1.29, 1.82) is 0 Å². The van der Waals surface area contributed by atoms with Crippen molar-refractivity contribution >= 4 is 5.97 Å². The van der Waals surface area contributed by atoms with Crippen LogP contribution in [0.4, 0.5) is 8.78 Å². The fourth-order valence-electron chi connectivity index (χ4n) is 1.86. The van der Waals surface area contributed by atoms with Crippen molar-refractivity contribution in [1.82, 2.24) is 4.90 Å². The molecule has 0 aliphatic carbocycles. The van der Waals surface area contributed by atoms with Crippen molar-refractivity contribution in [2.75, 3.05) is 13.6 Å². The van der Waals surface area contributed by atoms with Gasteiger partial charge in [-0.3, -0.25) is 9.69 Å². The van der Waals surface area contributed by atoms with Gasteiger partial charge in [0.25, 0.3) is 0 Å². The maximum absolute atomic E-state index is 13.1. The number of hydrogen-bond donors (Lipinski definition) is 1. The molecule has 0 fully saturated rings. The van der Waals surface area contributed by atoms with Gasteiger partial charge < -0.3 is 5.11 Å². The van der Waals surface area contributed by atoms with Gasteiger partial charge in [-0.25, -0.2) is 8.78 Å². The molecule has 0 spiro atoms. The Morgan fingerprint density at radius 1 is 1.32 bits per heavy atom. The molecule has 0 aliphatic heterocycles. The molecule has 5 heteroatoms. The maximum atomic E-state index is 13.1. The van der Waals surface area contributed by atoms with Gasteiger partial charge in [0.2, 0.25) is 0 Å². The normalized spacial score (nSPS) is 12.7. The standard InChI is InChI=1S/C14H19F2NO2/c1-10(11-6-7-12(15)13(16)9-11)17(2)8-4-3-5-14(18)19/h6-7,9-10H,3-5,8H2,1-2H3,(H,18,19). The molecule has 1 aromatic rings. The SMILES string of the molecule is CC(c1ccc(F)c(F)c1)N(C)CCCCC(=O)O. The number of halogens is 2. The smallest absolute Gasteiger partial charge is 0.303 e. The number of rotatable bonds is 7. The second kappa shape index (κ2) is 7.19. The van der Waals surface area contributed by atoms with Gasteiger partial charge >= 0.3 is 5.97 Å². The molecule has 0 radical (unpaired) electrons. The molecule has 1 N–H and O–H groups in total. The van der Waals surface area contributed by atoms with Crippen molar-refractivity contribution in [2.24, 2.45) is 0 Å². The number of carboxylic acids is 1. The van der Waals surface area contributed by atoms with Gasteiger partial charge in [0.1, 0.15) is 0 Å². The number of benzene rings is 1. The zero-order chi connectivity index (χ0) is 14.4. The summed E-state index contributed by atoms with van der Waals surface area (Å²) in [6, 6.07) is 3.85. The largest absolute Gasteiger partial charge is 0.481 e. The predicted octanol–water partition coefficient (Wildman–Crippen LogP) is 3.21. The Morgan fingerprint density at radius 3 is 2.58 bits per heavy atom. The Bertz CT molecular complexity index is 437. The molecule has 19 heavy (non-hydrogen) atoms. The fraction of sp³-hybridized carbons (Fsp3) is 0.500. The van der Waals surface area contributed by atoms with Gasteiger partial charge in [-0.1, -0.05) is 6.07 Å². The second-order valence-electron chi connectivity index (χ2n) is 4.68. The number of unbranched alkanes of at least 4 members (excludes halogenated alkanes) is 1.